The number of halogens is 3. The topological polar surface area (TPSA) is 76.6 Å². The van der Waals surface area contributed by atoms with Gasteiger partial charge in [0.15, 0.2) is 0 Å². The summed E-state index contributed by atoms with van der Waals surface area (Å²) >= 11 is 0. The second-order valence-electron chi connectivity index (χ2n) is 12.8. The molecule has 0 bridgehead atoms. The van der Waals surface area contributed by atoms with Crippen LogP contribution in [0.2, 0.25) is 0 Å². The summed E-state index contributed by atoms with van der Waals surface area (Å²) in [6.45, 7) is 5.74. The SMILES string of the molecule is CC(C)(C)OC(=O)N1CCC2(CC1)C(=O)N(CC(=O)N1CCN(Cc3ccccc3)CC1C(F)(F)F)CN2c1ccccc1. The highest BCUT2D eigenvalue weighted by Gasteiger charge is 2.55. The third-order valence-corrected chi connectivity index (χ3v) is 8.56. The van der Waals surface area contributed by atoms with Crippen molar-refractivity contribution in [1.29, 1.82) is 0 Å². The van der Waals surface area contributed by atoms with E-state index in [4.69, 9.17) is 4.74 Å². The van der Waals surface area contributed by atoms with Crippen LogP contribution in [0.15, 0.2) is 60.7 Å². The fraction of sp³-hybridized carbons (Fsp3) is 0.531. The van der Waals surface area contributed by atoms with Gasteiger partial charge >= 0.3 is 12.3 Å². The quantitative estimate of drug-likeness (QED) is 0.499. The second kappa shape index (κ2) is 12.3. The van der Waals surface area contributed by atoms with Crippen LogP contribution in [0.5, 0.6) is 0 Å². The van der Waals surface area contributed by atoms with Crippen molar-refractivity contribution in [2.45, 2.75) is 63.5 Å². The van der Waals surface area contributed by atoms with E-state index < -0.39 is 41.9 Å². The van der Waals surface area contributed by atoms with Crippen molar-refractivity contribution in [3.63, 3.8) is 0 Å². The largest absolute Gasteiger partial charge is 0.444 e. The molecular weight excluding hydrogens is 575 g/mol. The van der Waals surface area contributed by atoms with E-state index >= 15 is 0 Å². The number of hydrogen-bond donors (Lipinski definition) is 0. The number of ether oxygens (including phenoxy) is 1. The van der Waals surface area contributed by atoms with E-state index in [1.54, 1.807) is 30.6 Å². The number of likely N-dealkylation sites (tertiary alicyclic amines) is 1. The lowest BCUT2D eigenvalue weighted by molar-refractivity contribution is -0.201. The molecule has 9 nitrogen and oxygen atoms in total. The maximum atomic E-state index is 14.3. The van der Waals surface area contributed by atoms with Gasteiger partial charge in [-0.3, -0.25) is 14.5 Å². The molecule has 3 aliphatic rings. The summed E-state index contributed by atoms with van der Waals surface area (Å²) in [4.78, 5) is 47.8. The fourth-order valence-electron chi connectivity index (χ4n) is 6.37. The molecule has 3 heterocycles. The van der Waals surface area contributed by atoms with Crippen LogP contribution in [0.1, 0.15) is 39.2 Å². The number of amides is 3. The van der Waals surface area contributed by atoms with Gasteiger partial charge in [0, 0.05) is 45.0 Å². The molecule has 5 rings (SSSR count). The van der Waals surface area contributed by atoms with Crippen molar-refractivity contribution in [3.05, 3.63) is 66.2 Å². The summed E-state index contributed by atoms with van der Waals surface area (Å²) < 4.78 is 48.3. The van der Waals surface area contributed by atoms with Gasteiger partial charge in [-0.1, -0.05) is 48.5 Å². The lowest BCUT2D eigenvalue weighted by Gasteiger charge is -2.43. The van der Waals surface area contributed by atoms with Crippen molar-refractivity contribution in [1.82, 2.24) is 19.6 Å². The Bertz CT molecular complexity index is 1330. The predicted molar refractivity (Wildman–Crippen MR) is 159 cm³/mol. The normalized spacial score (nSPS) is 21.2. The Kier molecular flexibility index (Phi) is 8.84. The first-order valence-electron chi connectivity index (χ1n) is 15.0. The second-order valence-corrected chi connectivity index (χ2v) is 12.8. The highest BCUT2D eigenvalue weighted by atomic mass is 19.4. The summed E-state index contributed by atoms with van der Waals surface area (Å²) in [6.07, 6.45) is -4.48. The molecule has 3 aliphatic heterocycles. The number of nitrogens with zero attached hydrogens (tertiary/aromatic N) is 5. The van der Waals surface area contributed by atoms with E-state index in [-0.39, 0.29) is 38.8 Å². The van der Waals surface area contributed by atoms with Crippen LogP contribution in [0.4, 0.5) is 23.7 Å². The third kappa shape index (κ3) is 6.80. The Hall–Kier alpha value is -3.80. The molecule has 1 unspecified atom stereocenters. The predicted octanol–water partition coefficient (Wildman–Crippen LogP) is 4.34. The van der Waals surface area contributed by atoms with E-state index in [9.17, 15) is 27.6 Å². The molecule has 1 spiro atoms. The number of piperazine rings is 1. The zero-order valence-electron chi connectivity index (χ0n) is 25.4. The molecule has 3 fully saturated rings. The van der Waals surface area contributed by atoms with Gasteiger partial charge in [-0.15, -0.1) is 0 Å². The van der Waals surface area contributed by atoms with Gasteiger partial charge in [0.2, 0.25) is 5.91 Å². The minimum absolute atomic E-state index is 0.0612. The van der Waals surface area contributed by atoms with E-state index in [2.05, 4.69) is 0 Å². The Balaban J connectivity index is 1.31. The summed E-state index contributed by atoms with van der Waals surface area (Å²) in [5, 5.41) is 0. The van der Waals surface area contributed by atoms with Crippen LogP contribution in [0.25, 0.3) is 0 Å². The van der Waals surface area contributed by atoms with Gasteiger partial charge in [0.05, 0.1) is 6.67 Å². The van der Waals surface area contributed by atoms with Gasteiger partial charge in [-0.05, 0) is 51.3 Å². The van der Waals surface area contributed by atoms with Gasteiger partial charge < -0.3 is 24.3 Å². The summed E-state index contributed by atoms with van der Waals surface area (Å²) in [5.74, 6) is -1.04. The molecule has 0 aromatic heterocycles. The van der Waals surface area contributed by atoms with Crippen LogP contribution in [0, 0.1) is 0 Å². The van der Waals surface area contributed by atoms with Gasteiger partial charge in [-0.25, -0.2) is 4.79 Å². The van der Waals surface area contributed by atoms with Crippen molar-refractivity contribution in [2.75, 3.05) is 50.8 Å². The molecule has 0 radical (unpaired) electrons. The minimum atomic E-state index is -4.62. The number of para-hydroxylation sites is 1. The van der Waals surface area contributed by atoms with Crippen LogP contribution < -0.4 is 4.90 Å². The Labute approximate surface area is 256 Å². The standard InChI is InChI=1S/C32H40F3N5O4/c1-30(2,3)44-29(43)37-16-14-31(15-17-37)28(42)38(23-40(31)25-12-8-5-9-13-25)22-27(41)39-19-18-36(21-26(39)32(33,34)35)20-24-10-6-4-7-11-24/h4-13,26H,14-23H2,1-3H3. The fourth-order valence-corrected chi connectivity index (χ4v) is 6.37. The lowest BCUT2D eigenvalue weighted by atomic mass is 9.85. The van der Waals surface area contributed by atoms with Crippen LogP contribution >= 0.6 is 0 Å². The Morgan fingerprint density at radius 1 is 0.909 bits per heavy atom. The molecule has 3 saturated heterocycles. The number of rotatable bonds is 5. The van der Waals surface area contributed by atoms with Crippen LogP contribution in [-0.4, -0.2) is 107 Å². The Morgan fingerprint density at radius 2 is 1.52 bits per heavy atom. The molecule has 2 aromatic carbocycles. The number of carbonyl (C=O) groups is 3. The van der Waals surface area contributed by atoms with E-state index in [0.29, 0.717) is 25.9 Å². The van der Waals surface area contributed by atoms with E-state index in [0.717, 1.165) is 16.2 Å². The first-order chi connectivity index (χ1) is 20.8. The monoisotopic (exact) mass is 615 g/mol. The highest BCUT2D eigenvalue weighted by Crippen LogP contribution is 2.40. The maximum absolute atomic E-state index is 14.3. The lowest BCUT2D eigenvalue weighted by Crippen LogP contribution is -2.62. The highest BCUT2D eigenvalue weighted by molar-refractivity contribution is 5.96. The molecule has 0 aliphatic carbocycles. The number of benzene rings is 2. The summed E-state index contributed by atoms with van der Waals surface area (Å²) in [7, 11) is 0. The smallest absolute Gasteiger partial charge is 0.410 e. The summed E-state index contributed by atoms with van der Waals surface area (Å²) in [5.41, 5.74) is -0.0221. The molecular formula is C32H40F3N5O4. The van der Waals surface area contributed by atoms with Crippen molar-refractivity contribution in [3.8, 4) is 0 Å². The molecule has 0 saturated carbocycles. The molecule has 2 aromatic rings. The minimum Gasteiger partial charge on any atom is -0.444 e. The third-order valence-electron chi connectivity index (χ3n) is 8.56. The zero-order valence-corrected chi connectivity index (χ0v) is 25.4. The van der Waals surface area contributed by atoms with Gasteiger partial charge in [0.25, 0.3) is 5.91 Å². The average molecular weight is 616 g/mol. The first kappa shape index (κ1) is 31.6. The molecule has 238 valence electrons. The molecule has 12 heteroatoms. The van der Waals surface area contributed by atoms with Crippen molar-refractivity contribution < 1.29 is 32.3 Å². The zero-order chi connectivity index (χ0) is 31.7. The van der Waals surface area contributed by atoms with Crippen molar-refractivity contribution >= 4 is 23.6 Å². The summed E-state index contributed by atoms with van der Waals surface area (Å²) in [6, 6.07) is 16.6. The van der Waals surface area contributed by atoms with Gasteiger partial charge in [0.1, 0.15) is 23.7 Å². The van der Waals surface area contributed by atoms with Gasteiger partial charge in [-0.2, -0.15) is 13.2 Å². The first-order valence-corrected chi connectivity index (χ1v) is 15.0. The molecule has 0 N–H and O–H groups in total. The van der Waals surface area contributed by atoms with Crippen molar-refractivity contribution in [2.24, 2.45) is 0 Å². The molecule has 3 amide bonds. The molecule has 44 heavy (non-hydrogen) atoms. The number of piperidine rings is 1. The van der Waals surface area contributed by atoms with E-state index in [1.807, 2.05) is 65.6 Å². The maximum Gasteiger partial charge on any atom is 0.410 e. The number of anilines is 1. The number of hydrogen-bond acceptors (Lipinski definition) is 6. The Morgan fingerprint density at radius 3 is 2.11 bits per heavy atom. The van der Waals surface area contributed by atoms with Crippen LogP contribution in [0.3, 0.4) is 0 Å². The number of carbonyl (C=O) groups excluding carboxylic acids is 3. The van der Waals surface area contributed by atoms with E-state index in [1.165, 1.54) is 4.90 Å². The average Bonchev–Trinajstić information content (AvgIpc) is 3.23. The molecule has 1 atom stereocenters. The van der Waals surface area contributed by atoms with Crippen LogP contribution in [-0.2, 0) is 20.9 Å². The number of alkyl halides is 3.